The zero-order valence-corrected chi connectivity index (χ0v) is 11.8. The molecule has 0 saturated carbocycles. The summed E-state index contributed by atoms with van der Waals surface area (Å²) in [6, 6.07) is 10.9. The largest absolute Gasteiger partial charge is 0.484 e. The number of carbonyl (C=O) groups excluding carboxylic acids is 1. The number of ether oxygens (including phenoxy) is 1. The maximum Gasteiger partial charge on any atom is 0.277 e. The van der Waals surface area contributed by atoms with Gasteiger partial charge < -0.3 is 4.74 Å². The van der Waals surface area contributed by atoms with Gasteiger partial charge in [-0.2, -0.15) is 5.10 Å². The quantitative estimate of drug-likeness (QED) is 0.502. The summed E-state index contributed by atoms with van der Waals surface area (Å²) in [5.41, 5.74) is 2.81. The molecule has 118 valence electrons. The van der Waals surface area contributed by atoms with Crippen LogP contribution < -0.4 is 10.2 Å². The van der Waals surface area contributed by atoms with Crippen LogP contribution in [-0.2, 0) is 4.79 Å². The number of nitrogens with zero attached hydrogens (tertiary/aromatic N) is 2. The second-order valence-electron chi connectivity index (χ2n) is 4.38. The molecule has 0 aliphatic rings. The molecule has 23 heavy (non-hydrogen) atoms. The number of halogens is 1. The van der Waals surface area contributed by atoms with E-state index in [1.807, 2.05) is 0 Å². The van der Waals surface area contributed by atoms with Crippen LogP contribution in [0, 0.1) is 15.9 Å². The molecule has 2 rings (SSSR count). The maximum absolute atomic E-state index is 12.7. The highest BCUT2D eigenvalue weighted by atomic mass is 19.1. The molecule has 0 unspecified atom stereocenters. The van der Waals surface area contributed by atoms with Gasteiger partial charge in [0.1, 0.15) is 11.6 Å². The van der Waals surface area contributed by atoms with Gasteiger partial charge in [-0.1, -0.05) is 12.1 Å². The minimum Gasteiger partial charge on any atom is -0.484 e. The number of rotatable bonds is 6. The van der Waals surface area contributed by atoms with E-state index in [1.54, 1.807) is 0 Å². The number of hydrogen-bond donors (Lipinski definition) is 1. The summed E-state index contributed by atoms with van der Waals surface area (Å²) in [7, 11) is 0. The number of benzene rings is 2. The van der Waals surface area contributed by atoms with Crippen molar-refractivity contribution in [3.05, 3.63) is 70.0 Å². The number of non-ortho nitro benzene ring substituents is 1. The Bertz CT molecular complexity index is 715. The lowest BCUT2D eigenvalue weighted by Crippen LogP contribution is -2.24. The normalized spacial score (nSPS) is 10.5. The number of nitrogens with one attached hydrogen (secondary N) is 1. The van der Waals surface area contributed by atoms with Crippen molar-refractivity contribution < 1.29 is 18.8 Å². The zero-order chi connectivity index (χ0) is 16.7. The molecule has 0 saturated heterocycles. The number of hydrazone groups is 1. The third kappa shape index (κ3) is 5.20. The van der Waals surface area contributed by atoms with Gasteiger partial charge in [-0.3, -0.25) is 14.9 Å². The van der Waals surface area contributed by atoms with Crippen molar-refractivity contribution >= 4 is 17.8 Å². The van der Waals surface area contributed by atoms with E-state index >= 15 is 0 Å². The molecule has 0 radical (unpaired) electrons. The Morgan fingerprint density at radius 1 is 1.22 bits per heavy atom. The van der Waals surface area contributed by atoms with E-state index in [9.17, 15) is 19.3 Å². The number of amides is 1. The second kappa shape index (κ2) is 7.64. The highest BCUT2D eigenvalue weighted by Gasteiger charge is 2.06. The first kappa shape index (κ1) is 16.1. The van der Waals surface area contributed by atoms with Crippen LogP contribution in [0.25, 0.3) is 0 Å². The van der Waals surface area contributed by atoms with Gasteiger partial charge in [0, 0.05) is 12.1 Å². The molecule has 0 bridgehead atoms. The van der Waals surface area contributed by atoms with Crippen LogP contribution >= 0.6 is 0 Å². The number of nitro benzene ring substituents is 1. The molecule has 1 amide bonds. The van der Waals surface area contributed by atoms with E-state index in [2.05, 4.69) is 10.5 Å². The third-order valence-electron chi connectivity index (χ3n) is 2.69. The van der Waals surface area contributed by atoms with Crippen molar-refractivity contribution in [1.82, 2.24) is 5.43 Å². The minimum atomic E-state index is -0.527. The summed E-state index contributed by atoms with van der Waals surface area (Å²) in [4.78, 5) is 21.5. The molecule has 2 aromatic rings. The summed E-state index contributed by atoms with van der Waals surface area (Å²) < 4.78 is 17.9. The van der Waals surface area contributed by atoms with E-state index in [0.29, 0.717) is 11.3 Å². The average Bonchev–Trinajstić information content (AvgIpc) is 2.55. The standard InChI is InChI=1S/C15H12FN3O4/c16-12-3-1-11(2-4-12)9-17-18-15(20)10-23-14-7-5-13(6-8-14)19(21)22/h1-9H,10H2,(H,18,20)/b17-9+. The summed E-state index contributed by atoms with van der Waals surface area (Å²) >= 11 is 0. The smallest absolute Gasteiger partial charge is 0.277 e. The Morgan fingerprint density at radius 2 is 1.87 bits per heavy atom. The molecule has 2 aromatic carbocycles. The van der Waals surface area contributed by atoms with Gasteiger partial charge in [0.25, 0.3) is 11.6 Å². The van der Waals surface area contributed by atoms with Gasteiger partial charge in [0.2, 0.25) is 0 Å². The molecule has 1 N–H and O–H groups in total. The Balaban J connectivity index is 1.78. The second-order valence-corrected chi connectivity index (χ2v) is 4.38. The molecule has 8 heteroatoms. The first-order valence-corrected chi connectivity index (χ1v) is 6.49. The molecule has 0 aliphatic carbocycles. The monoisotopic (exact) mass is 317 g/mol. The number of hydrogen-bond acceptors (Lipinski definition) is 5. The number of carbonyl (C=O) groups is 1. The maximum atomic E-state index is 12.7. The summed E-state index contributed by atoms with van der Waals surface area (Å²) in [6.45, 7) is -0.293. The lowest BCUT2D eigenvalue weighted by atomic mass is 10.2. The van der Waals surface area contributed by atoms with Gasteiger partial charge in [-0.05, 0) is 29.8 Å². The highest BCUT2D eigenvalue weighted by Crippen LogP contribution is 2.16. The molecule has 7 nitrogen and oxygen atoms in total. The van der Waals surface area contributed by atoms with Crippen LogP contribution in [0.3, 0.4) is 0 Å². The van der Waals surface area contributed by atoms with Crippen molar-refractivity contribution in [2.75, 3.05) is 6.61 Å². The van der Waals surface area contributed by atoms with Crippen molar-refractivity contribution in [2.24, 2.45) is 5.10 Å². The summed E-state index contributed by atoms with van der Waals surface area (Å²) in [5, 5.41) is 14.2. The Labute approximate surface area is 130 Å². The summed E-state index contributed by atoms with van der Waals surface area (Å²) in [6.07, 6.45) is 1.36. The van der Waals surface area contributed by atoms with Gasteiger partial charge in [-0.15, -0.1) is 0 Å². The Morgan fingerprint density at radius 3 is 2.48 bits per heavy atom. The van der Waals surface area contributed by atoms with Crippen LogP contribution in [0.2, 0.25) is 0 Å². The fourth-order valence-corrected chi connectivity index (χ4v) is 1.57. The van der Waals surface area contributed by atoms with Crippen molar-refractivity contribution in [3.63, 3.8) is 0 Å². The van der Waals surface area contributed by atoms with E-state index in [1.165, 1.54) is 54.7 Å². The summed E-state index contributed by atoms with van der Waals surface area (Å²) in [5.74, 6) is -0.530. The lowest BCUT2D eigenvalue weighted by Gasteiger charge is -2.04. The van der Waals surface area contributed by atoms with Crippen LogP contribution in [-0.4, -0.2) is 23.7 Å². The van der Waals surface area contributed by atoms with E-state index in [0.717, 1.165) is 0 Å². The van der Waals surface area contributed by atoms with Crippen LogP contribution in [0.1, 0.15) is 5.56 Å². The van der Waals surface area contributed by atoms with E-state index in [-0.39, 0.29) is 18.1 Å². The lowest BCUT2D eigenvalue weighted by molar-refractivity contribution is -0.384. The SMILES string of the molecule is O=C(COc1ccc([N+](=O)[O-])cc1)N/N=C/c1ccc(F)cc1. The van der Waals surface area contributed by atoms with Crippen LogP contribution in [0.15, 0.2) is 53.6 Å². The first-order chi connectivity index (χ1) is 11.0. The minimum absolute atomic E-state index is 0.0642. The fourth-order valence-electron chi connectivity index (χ4n) is 1.57. The Hall–Kier alpha value is -3.29. The number of nitro groups is 1. The molecule has 0 spiro atoms. The molecule has 0 heterocycles. The van der Waals surface area contributed by atoms with Gasteiger partial charge in [0.05, 0.1) is 11.1 Å². The van der Waals surface area contributed by atoms with Crippen LogP contribution in [0.5, 0.6) is 5.75 Å². The first-order valence-electron chi connectivity index (χ1n) is 6.49. The molecule has 0 aromatic heterocycles. The Kier molecular flexibility index (Phi) is 5.35. The molecule has 0 atom stereocenters. The van der Waals surface area contributed by atoms with Crippen molar-refractivity contribution in [3.8, 4) is 5.75 Å². The zero-order valence-electron chi connectivity index (χ0n) is 11.8. The average molecular weight is 317 g/mol. The molecular weight excluding hydrogens is 305 g/mol. The highest BCUT2D eigenvalue weighted by molar-refractivity contribution is 5.82. The predicted molar refractivity (Wildman–Crippen MR) is 80.7 cm³/mol. The fraction of sp³-hybridized carbons (Fsp3) is 0.0667. The van der Waals surface area contributed by atoms with Crippen molar-refractivity contribution in [2.45, 2.75) is 0 Å². The molecular formula is C15H12FN3O4. The van der Waals surface area contributed by atoms with Crippen LogP contribution in [0.4, 0.5) is 10.1 Å². The van der Waals surface area contributed by atoms with E-state index < -0.39 is 10.8 Å². The van der Waals surface area contributed by atoms with Gasteiger partial charge in [-0.25, -0.2) is 9.82 Å². The predicted octanol–water partition coefficient (Wildman–Crippen LogP) is 2.26. The van der Waals surface area contributed by atoms with Gasteiger partial charge >= 0.3 is 0 Å². The van der Waals surface area contributed by atoms with Gasteiger partial charge in [0.15, 0.2) is 6.61 Å². The molecule has 0 aliphatic heterocycles. The third-order valence-corrected chi connectivity index (χ3v) is 2.69. The topological polar surface area (TPSA) is 93.8 Å². The van der Waals surface area contributed by atoms with E-state index in [4.69, 9.17) is 4.74 Å². The molecule has 0 fully saturated rings. The van der Waals surface area contributed by atoms with Crippen molar-refractivity contribution in [1.29, 1.82) is 0 Å².